The highest BCUT2D eigenvalue weighted by atomic mass is 19.4. The van der Waals surface area contributed by atoms with Gasteiger partial charge >= 0.3 is 11.8 Å². The molecule has 1 saturated heterocycles. The van der Waals surface area contributed by atoms with E-state index in [1.807, 2.05) is 0 Å². The van der Waals surface area contributed by atoms with Crippen LogP contribution in [0.3, 0.4) is 0 Å². The molecule has 2 heterocycles. The van der Waals surface area contributed by atoms with Gasteiger partial charge in [0.2, 0.25) is 11.8 Å². The molecule has 2 amide bonds. The lowest BCUT2D eigenvalue weighted by atomic mass is 10.1. The van der Waals surface area contributed by atoms with Gasteiger partial charge in [-0.3, -0.25) is 9.59 Å². The minimum absolute atomic E-state index is 0.0194. The number of hydrogen-bond acceptors (Lipinski definition) is 4. The Kier molecular flexibility index (Phi) is 4.81. The van der Waals surface area contributed by atoms with E-state index in [2.05, 4.69) is 5.32 Å². The summed E-state index contributed by atoms with van der Waals surface area (Å²) in [5.74, 6) is -1.55. The van der Waals surface area contributed by atoms with Crippen molar-refractivity contribution in [1.29, 1.82) is 0 Å². The molecule has 9 heteroatoms. The van der Waals surface area contributed by atoms with Crippen LogP contribution in [0.15, 0.2) is 63.8 Å². The van der Waals surface area contributed by atoms with Crippen molar-refractivity contribution in [1.82, 2.24) is 0 Å². The van der Waals surface area contributed by atoms with Gasteiger partial charge in [-0.25, -0.2) is 4.79 Å². The van der Waals surface area contributed by atoms with Crippen LogP contribution >= 0.6 is 0 Å². The summed E-state index contributed by atoms with van der Waals surface area (Å²) >= 11 is 0. The summed E-state index contributed by atoms with van der Waals surface area (Å²) < 4.78 is 43.9. The first-order chi connectivity index (χ1) is 14.2. The van der Waals surface area contributed by atoms with Crippen LogP contribution in [0.4, 0.5) is 24.5 Å². The van der Waals surface area contributed by atoms with Crippen molar-refractivity contribution in [2.24, 2.45) is 5.92 Å². The zero-order valence-electron chi connectivity index (χ0n) is 15.4. The third kappa shape index (κ3) is 3.91. The van der Waals surface area contributed by atoms with Crippen molar-refractivity contribution in [2.75, 3.05) is 16.8 Å². The van der Waals surface area contributed by atoms with Gasteiger partial charge < -0.3 is 14.6 Å². The topological polar surface area (TPSA) is 79.6 Å². The van der Waals surface area contributed by atoms with Gasteiger partial charge in [0, 0.05) is 35.8 Å². The Balaban J connectivity index is 1.49. The van der Waals surface area contributed by atoms with Crippen LogP contribution in [0.5, 0.6) is 0 Å². The molecule has 0 spiro atoms. The lowest BCUT2D eigenvalue weighted by Gasteiger charge is -2.18. The second-order valence-corrected chi connectivity index (χ2v) is 6.95. The highest BCUT2D eigenvalue weighted by molar-refractivity contribution is 6.04. The Morgan fingerprint density at radius 2 is 1.87 bits per heavy atom. The van der Waals surface area contributed by atoms with E-state index in [0.717, 1.165) is 12.1 Å². The van der Waals surface area contributed by atoms with E-state index in [1.54, 1.807) is 24.3 Å². The molecule has 30 heavy (non-hydrogen) atoms. The number of benzene rings is 2. The Labute approximate surface area is 167 Å². The number of alkyl halides is 3. The molecule has 1 aliphatic rings. The summed E-state index contributed by atoms with van der Waals surface area (Å²) in [5, 5.41) is 3.31. The van der Waals surface area contributed by atoms with Gasteiger partial charge in [-0.15, -0.1) is 0 Å². The predicted molar refractivity (Wildman–Crippen MR) is 103 cm³/mol. The molecule has 0 bridgehead atoms. The van der Waals surface area contributed by atoms with Crippen molar-refractivity contribution >= 4 is 34.2 Å². The molecule has 1 N–H and O–H groups in total. The summed E-state index contributed by atoms with van der Waals surface area (Å²) in [6.45, 7) is -0.0194. The molecule has 6 nitrogen and oxygen atoms in total. The van der Waals surface area contributed by atoms with Crippen molar-refractivity contribution in [3.05, 3.63) is 70.6 Å². The monoisotopic (exact) mass is 416 g/mol. The van der Waals surface area contributed by atoms with Gasteiger partial charge in [0.15, 0.2) is 0 Å². The van der Waals surface area contributed by atoms with Crippen LogP contribution in [0.1, 0.15) is 12.0 Å². The number of anilines is 2. The Bertz CT molecular complexity index is 1200. The number of carbonyl (C=O) groups is 2. The van der Waals surface area contributed by atoms with E-state index in [4.69, 9.17) is 4.42 Å². The minimum Gasteiger partial charge on any atom is -0.423 e. The second kappa shape index (κ2) is 7.33. The molecule has 1 aliphatic heterocycles. The first kappa shape index (κ1) is 19.7. The lowest BCUT2D eigenvalue weighted by molar-refractivity contribution is -0.137. The maximum atomic E-state index is 12.9. The van der Waals surface area contributed by atoms with Gasteiger partial charge in [0.25, 0.3) is 0 Å². The van der Waals surface area contributed by atoms with Crippen LogP contribution in [-0.4, -0.2) is 18.4 Å². The van der Waals surface area contributed by atoms with Gasteiger partial charge in [0.1, 0.15) is 5.58 Å². The van der Waals surface area contributed by atoms with Gasteiger partial charge in [-0.1, -0.05) is 6.07 Å². The van der Waals surface area contributed by atoms with E-state index in [-0.39, 0.29) is 18.7 Å². The Morgan fingerprint density at radius 1 is 1.07 bits per heavy atom. The molecule has 0 unspecified atom stereocenters. The second-order valence-electron chi connectivity index (χ2n) is 6.95. The summed E-state index contributed by atoms with van der Waals surface area (Å²) in [6, 6.07) is 12.0. The molecule has 1 fully saturated rings. The number of nitrogens with one attached hydrogen (secondary N) is 1. The highest BCUT2D eigenvalue weighted by Crippen LogP contribution is 2.33. The van der Waals surface area contributed by atoms with Crippen molar-refractivity contribution in [2.45, 2.75) is 12.6 Å². The molecule has 4 rings (SSSR count). The van der Waals surface area contributed by atoms with E-state index in [1.165, 1.54) is 23.1 Å². The van der Waals surface area contributed by atoms with Crippen molar-refractivity contribution < 1.29 is 27.2 Å². The molecule has 0 saturated carbocycles. The quantitative estimate of drug-likeness (QED) is 0.659. The smallest absolute Gasteiger partial charge is 0.416 e. The standard InChI is InChI=1S/C21H15F3N2O4/c22-21(23,24)14-2-1-3-16(10-14)26-11-13(9-18(26)27)20(29)25-15-5-6-17-12(8-15)4-7-19(28)30-17/h1-8,10,13H,9,11H2,(H,25,29)/t13-/m0/s1. The first-order valence-corrected chi connectivity index (χ1v) is 9.03. The van der Waals surface area contributed by atoms with Crippen LogP contribution in [-0.2, 0) is 15.8 Å². The van der Waals surface area contributed by atoms with Crippen molar-refractivity contribution in [3.63, 3.8) is 0 Å². The normalized spacial score (nSPS) is 16.8. The molecular formula is C21H15F3N2O4. The van der Waals surface area contributed by atoms with E-state index >= 15 is 0 Å². The third-order valence-electron chi connectivity index (χ3n) is 4.87. The Hall–Kier alpha value is -3.62. The van der Waals surface area contributed by atoms with Gasteiger partial charge in [-0.2, -0.15) is 13.2 Å². The molecular weight excluding hydrogens is 401 g/mol. The van der Waals surface area contributed by atoms with E-state index in [0.29, 0.717) is 16.7 Å². The Morgan fingerprint density at radius 3 is 2.63 bits per heavy atom. The molecule has 1 atom stereocenters. The zero-order chi connectivity index (χ0) is 21.5. The maximum Gasteiger partial charge on any atom is 0.416 e. The zero-order valence-corrected chi connectivity index (χ0v) is 15.4. The minimum atomic E-state index is -4.52. The number of fused-ring (bicyclic) bond motifs is 1. The number of amides is 2. The van der Waals surface area contributed by atoms with Crippen LogP contribution in [0.25, 0.3) is 11.0 Å². The van der Waals surface area contributed by atoms with E-state index < -0.39 is 35.1 Å². The van der Waals surface area contributed by atoms with Crippen molar-refractivity contribution in [3.8, 4) is 0 Å². The fourth-order valence-corrected chi connectivity index (χ4v) is 3.38. The van der Waals surface area contributed by atoms with Gasteiger partial charge in [-0.05, 0) is 42.5 Å². The average Bonchev–Trinajstić information content (AvgIpc) is 3.09. The third-order valence-corrected chi connectivity index (χ3v) is 4.87. The first-order valence-electron chi connectivity index (χ1n) is 9.03. The average molecular weight is 416 g/mol. The molecule has 2 aromatic carbocycles. The predicted octanol–water partition coefficient (Wildman–Crippen LogP) is 3.80. The van der Waals surface area contributed by atoms with Crippen LogP contribution in [0.2, 0.25) is 0 Å². The highest BCUT2D eigenvalue weighted by Gasteiger charge is 2.37. The molecule has 3 aromatic rings. The fraction of sp³-hybridized carbons (Fsp3) is 0.190. The largest absolute Gasteiger partial charge is 0.423 e. The van der Waals surface area contributed by atoms with Crippen LogP contribution < -0.4 is 15.8 Å². The summed E-state index contributed by atoms with van der Waals surface area (Å²) in [7, 11) is 0. The summed E-state index contributed by atoms with van der Waals surface area (Å²) in [4.78, 5) is 37.4. The number of rotatable bonds is 3. The maximum absolute atomic E-state index is 12.9. The summed E-state index contributed by atoms with van der Waals surface area (Å²) in [6.07, 6.45) is -4.63. The number of halogens is 3. The number of hydrogen-bond donors (Lipinski definition) is 1. The fourth-order valence-electron chi connectivity index (χ4n) is 3.38. The molecule has 0 radical (unpaired) electrons. The SMILES string of the molecule is O=C(Nc1ccc2oc(=O)ccc2c1)[C@H]1CC(=O)N(c2cccc(C(F)(F)F)c2)C1. The molecule has 154 valence electrons. The number of nitrogens with zero attached hydrogens (tertiary/aromatic N) is 1. The molecule has 0 aliphatic carbocycles. The molecule has 1 aromatic heterocycles. The van der Waals surface area contributed by atoms with Crippen LogP contribution in [0, 0.1) is 5.92 Å². The van der Waals surface area contributed by atoms with Gasteiger partial charge in [0.05, 0.1) is 11.5 Å². The summed E-state index contributed by atoms with van der Waals surface area (Å²) in [5.41, 5.74) is -0.425. The number of carbonyl (C=O) groups excluding carboxylic acids is 2. The van der Waals surface area contributed by atoms with E-state index in [9.17, 15) is 27.6 Å². The lowest BCUT2D eigenvalue weighted by Crippen LogP contribution is -2.28.